The number of likely N-dealkylation sites (N-methyl/N-ethyl adjacent to an activating group) is 1. The number of likely N-dealkylation sites (tertiary alicyclic amines) is 1. The second kappa shape index (κ2) is 24.2. The van der Waals surface area contributed by atoms with Gasteiger partial charge in [-0.3, -0.25) is 38.5 Å². The van der Waals surface area contributed by atoms with Gasteiger partial charge in [-0.25, -0.2) is 9.78 Å². The van der Waals surface area contributed by atoms with Crippen molar-refractivity contribution >= 4 is 47.4 Å². The molecule has 1 aliphatic heterocycles. The Bertz CT molecular complexity index is 1960. The van der Waals surface area contributed by atoms with Crippen LogP contribution < -0.4 is 31.9 Å². The summed E-state index contributed by atoms with van der Waals surface area (Å²) in [4.78, 5) is 118. The maximum atomic E-state index is 14.1. The van der Waals surface area contributed by atoms with Gasteiger partial charge in [0.05, 0.1) is 30.7 Å². The summed E-state index contributed by atoms with van der Waals surface area (Å²) in [5, 5.41) is 27.4. The topological polar surface area (TPSA) is 270 Å². The van der Waals surface area contributed by atoms with Gasteiger partial charge in [-0.2, -0.15) is 0 Å². The van der Waals surface area contributed by atoms with Gasteiger partial charge in [-0.15, -0.1) is 0 Å². The van der Waals surface area contributed by atoms with Crippen LogP contribution in [0.2, 0.25) is 0 Å². The zero-order valence-electron chi connectivity index (χ0n) is 38.4. The largest absolute Gasteiger partial charge is 0.444 e. The van der Waals surface area contributed by atoms with Gasteiger partial charge in [0.1, 0.15) is 29.4 Å². The fraction of sp³-hybridized carbons (Fsp3) is 0.600. The summed E-state index contributed by atoms with van der Waals surface area (Å²) in [6.07, 6.45) is 6.39. The molecule has 4 rings (SSSR count). The molecule has 0 spiro atoms. The van der Waals surface area contributed by atoms with Crippen LogP contribution in [0.4, 0.5) is 4.79 Å². The smallest absolute Gasteiger partial charge is 0.410 e. The summed E-state index contributed by atoms with van der Waals surface area (Å²) in [6, 6.07) is 3.33. The Balaban J connectivity index is 1.46. The Morgan fingerprint density at radius 3 is 2.17 bits per heavy atom. The van der Waals surface area contributed by atoms with E-state index >= 15 is 0 Å². The maximum absolute atomic E-state index is 14.1. The molecule has 1 aromatic carbocycles. The number of aliphatic hydroxyl groups excluding tert-OH is 1. The van der Waals surface area contributed by atoms with Crippen LogP contribution in [-0.2, 0) is 33.5 Å². The van der Waals surface area contributed by atoms with Gasteiger partial charge in [-0.05, 0) is 57.9 Å². The van der Waals surface area contributed by atoms with Crippen LogP contribution in [0.1, 0.15) is 108 Å². The number of nitrogens with one attached hydrogen (secondary N) is 6. The highest BCUT2D eigenvalue weighted by Gasteiger charge is 2.44. The van der Waals surface area contributed by atoms with Crippen molar-refractivity contribution in [1.82, 2.24) is 51.7 Å². The van der Waals surface area contributed by atoms with Gasteiger partial charge in [0.15, 0.2) is 6.10 Å². The SMILES string of the molecule is CCC[C@H](NC(=O)[C@@H]1CN(C(=O)OC(C)(C)C)C[C@@H]1NC(=O)[C@H](CC)NC(=O)[C@@H](NC(=O)c1cnccn1)C1CCCCC1)C(O)C(=O)NCC(=O)N[C@H](C(=O)N(C)C)c1ccccc1. The van der Waals surface area contributed by atoms with E-state index in [1.54, 1.807) is 79.0 Å². The van der Waals surface area contributed by atoms with E-state index in [0.717, 1.165) is 19.3 Å². The Morgan fingerprint density at radius 2 is 1.57 bits per heavy atom. The predicted molar refractivity (Wildman–Crippen MR) is 237 cm³/mol. The van der Waals surface area contributed by atoms with Crippen molar-refractivity contribution in [3.05, 3.63) is 60.2 Å². The molecular formula is C45H66N10O10. The van der Waals surface area contributed by atoms with Crippen molar-refractivity contribution < 1.29 is 48.2 Å². The second-order valence-corrected chi connectivity index (χ2v) is 17.7. The third-order valence-corrected chi connectivity index (χ3v) is 11.3. The average molecular weight is 907 g/mol. The number of aromatic nitrogens is 2. The Hall–Kier alpha value is -6.18. The number of benzene rings is 1. The Morgan fingerprint density at radius 1 is 0.877 bits per heavy atom. The summed E-state index contributed by atoms with van der Waals surface area (Å²) in [5.74, 6) is -5.79. The lowest BCUT2D eigenvalue weighted by Crippen LogP contribution is -2.58. The Kier molecular flexibility index (Phi) is 19.2. The number of carbonyl (C=O) groups is 8. The van der Waals surface area contributed by atoms with Crippen molar-refractivity contribution in [2.75, 3.05) is 33.7 Å². The molecule has 2 fully saturated rings. The highest BCUT2D eigenvalue weighted by Crippen LogP contribution is 2.27. The van der Waals surface area contributed by atoms with E-state index in [9.17, 15) is 43.5 Å². The van der Waals surface area contributed by atoms with E-state index in [-0.39, 0.29) is 37.5 Å². The minimum absolute atomic E-state index is 0.0369. The van der Waals surface area contributed by atoms with Gasteiger partial charge < -0.3 is 51.5 Å². The Labute approximate surface area is 380 Å². The van der Waals surface area contributed by atoms with E-state index in [1.165, 1.54) is 28.4 Å². The normalized spacial score (nSPS) is 18.7. The first kappa shape index (κ1) is 51.5. The van der Waals surface area contributed by atoms with Gasteiger partial charge in [0.2, 0.25) is 29.5 Å². The lowest BCUT2D eigenvalue weighted by Gasteiger charge is -2.31. The first-order valence-corrected chi connectivity index (χ1v) is 22.3. The van der Waals surface area contributed by atoms with Crippen molar-refractivity contribution in [2.45, 2.75) is 128 Å². The second-order valence-electron chi connectivity index (χ2n) is 17.7. The number of carbonyl (C=O) groups excluding carboxylic acids is 8. The van der Waals surface area contributed by atoms with Crippen molar-refractivity contribution in [2.24, 2.45) is 11.8 Å². The fourth-order valence-electron chi connectivity index (χ4n) is 7.85. The van der Waals surface area contributed by atoms with Crippen LogP contribution in [0.5, 0.6) is 0 Å². The molecule has 8 amide bonds. The number of ether oxygens (including phenoxy) is 1. The molecule has 7 N–H and O–H groups in total. The summed E-state index contributed by atoms with van der Waals surface area (Å²) in [6.45, 7) is 7.62. The highest BCUT2D eigenvalue weighted by atomic mass is 16.6. The van der Waals surface area contributed by atoms with Gasteiger partial charge in [-0.1, -0.05) is 69.9 Å². The molecule has 356 valence electrons. The minimum atomic E-state index is -1.82. The molecule has 1 saturated carbocycles. The first-order valence-electron chi connectivity index (χ1n) is 22.3. The zero-order valence-corrected chi connectivity index (χ0v) is 38.4. The molecule has 1 saturated heterocycles. The number of hydrogen-bond donors (Lipinski definition) is 7. The van der Waals surface area contributed by atoms with E-state index in [4.69, 9.17) is 4.74 Å². The summed E-state index contributed by atoms with van der Waals surface area (Å²) < 4.78 is 5.58. The van der Waals surface area contributed by atoms with Crippen LogP contribution in [0.15, 0.2) is 48.9 Å². The lowest BCUT2D eigenvalue weighted by molar-refractivity contribution is -0.136. The monoisotopic (exact) mass is 906 g/mol. The molecule has 0 bridgehead atoms. The minimum Gasteiger partial charge on any atom is -0.444 e. The number of nitrogens with zero attached hydrogens (tertiary/aromatic N) is 4. The first-order chi connectivity index (χ1) is 30.8. The highest BCUT2D eigenvalue weighted by molar-refractivity contribution is 5.97. The van der Waals surface area contributed by atoms with Crippen molar-refractivity contribution in [3.8, 4) is 0 Å². The third kappa shape index (κ3) is 15.2. The van der Waals surface area contributed by atoms with Crippen molar-refractivity contribution in [1.29, 1.82) is 0 Å². The summed E-state index contributed by atoms with van der Waals surface area (Å²) in [5.41, 5.74) is -0.312. The maximum Gasteiger partial charge on any atom is 0.410 e. The van der Waals surface area contributed by atoms with Gasteiger partial charge >= 0.3 is 6.09 Å². The quantitative estimate of drug-likeness (QED) is 0.105. The molecule has 7 atom stereocenters. The molecule has 0 radical (unpaired) electrons. The van der Waals surface area contributed by atoms with Crippen molar-refractivity contribution in [3.63, 3.8) is 0 Å². The predicted octanol–water partition coefficient (Wildman–Crippen LogP) is 1.11. The van der Waals surface area contributed by atoms with Gasteiger partial charge in [0, 0.05) is 39.6 Å². The number of rotatable bonds is 19. The molecule has 2 aliphatic rings. The van der Waals surface area contributed by atoms with E-state index in [1.807, 2.05) is 0 Å². The average Bonchev–Trinajstić information content (AvgIpc) is 3.71. The molecule has 20 heteroatoms. The number of amides is 8. The summed E-state index contributed by atoms with van der Waals surface area (Å²) in [7, 11) is 3.09. The van der Waals surface area contributed by atoms with Crippen LogP contribution >= 0.6 is 0 Å². The van der Waals surface area contributed by atoms with Crippen LogP contribution in [0.3, 0.4) is 0 Å². The van der Waals surface area contributed by atoms with E-state index < -0.39 is 102 Å². The zero-order chi connectivity index (χ0) is 47.8. The molecular weight excluding hydrogens is 841 g/mol. The lowest BCUT2D eigenvalue weighted by atomic mass is 9.83. The fourth-order valence-corrected chi connectivity index (χ4v) is 7.85. The van der Waals surface area contributed by atoms with E-state index in [2.05, 4.69) is 41.9 Å². The van der Waals surface area contributed by atoms with E-state index in [0.29, 0.717) is 24.8 Å². The molecule has 2 aromatic rings. The van der Waals surface area contributed by atoms with Crippen LogP contribution in [0.25, 0.3) is 0 Å². The molecule has 1 aromatic heterocycles. The number of aliphatic hydroxyl groups is 1. The van der Waals surface area contributed by atoms with Gasteiger partial charge in [0.25, 0.3) is 11.8 Å². The van der Waals surface area contributed by atoms with Crippen LogP contribution in [0, 0.1) is 11.8 Å². The van der Waals surface area contributed by atoms with Crippen LogP contribution in [-0.4, -0.2) is 142 Å². The number of hydrogen-bond acceptors (Lipinski definition) is 12. The molecule has 1 aliphatic carbocycles. The third-order valence-electron chi connectivity index (χ3n) is 11.3. The summed E-state index contributed by atoms with van der Waals surface area (Å²) >= 11 is 0. The molecule has 65 heavy (non-hydrogen) atoms. The molecule has 20 nitrogen and oxygen atoms in total. The standard InChI is InChI=1S/C45H66N10O10/c1-8-16-31(37(57)42(62)48-24-34(56)52-36(43(63)54(6)7)28-19-14-11-15-20-28)50-38(58)29-25-55(44(64)65-45(3,4)5)26-33(29)51-39(59)30(9-2)49-41(61)35(27-17-12-10-13-18-27)53-40(60)32-23-46-21-22-47-32/h11,14-15,19-23,27,29-31,33,35-37,57H,8-10,12-13,16-18,24-26H2,1-7H3,(H,48,62)(H,49,61)(H,50,58)(H,51,59)(H,52,56)(H,53,60)/t29-,30+,31+,33+,35+,36+,37?/m1/s1. The molecule has 2 heterocycles. The molecule has 1 unspecified atom stereocenters.